The molecule has 0 bridgehead atoms. The van der Waals surface area contributed by atoms with Gasteiger partial charge in [-0.1, -0.05) is 0 Å². The average molecular weight is 209 g/mol. The predicted molar refractivity (Wildman–Crippen MR) is 60.7 cm³/mol. The summed E-state index contributed by atoms with van der Waals surface area (Å²) in [5.74, 6) is -0.0359. The Hall–Kier alpha value is -1.29. The van der Waals surface area contributed by atoms with Crippen molar-refractivity contribution in [3.05, 3.63) is 23.5 Å². The quantitative estimate of drug-likeness (QED) is 0.770. The molecule has 0 aliphatic heterocycles. The third-order valence-electron chi connectivity index (χ3n) is 2.49. The van der Waals surface area contributed by atoms with Gasteiger partial charge in [-0.3, -0.25) is 4.79 Å². The van der Waals surface area contributed by atoms with Crippen LogP contribution in [0.3, 0.4) is 0 Å². The zero-order chi connectivity index (χ0) is 11.4. The molecule has 0 aliphatic carbocycles. The summed E-state index contributed by atoms with van der Waals surface area (Å²) in [6.45, 7) is 4.53. The highest BCUT2D eigenvalue weighted by Gasteiger charge is 2.09. The normalized spacial score (nSPS) is 12.5. The fourth-order valence-corrected chi connectivity index (χ4v) is 1.35. The van der Waals surface area contributed by atoms with E-state index in [-0.39, 0.29) is 11.9 Å². The van der Waals surface area contributed by atoms with Crippen molar-refractivity contribution in [1.82, 2.24) is 9.88 Å². The molecule has 15 heavy (non-hydrogen) atoms. The van der Waals surface area contributed by atoms with Crippen molar-refractivity contribution < 1.29 is 4.79 Å². The minimum absolute atomic E-state index is 0.0359. The number of carbonyl (C=O) groups excluding carboxylic acids is 1. The van der Waals surface area contributed by atoms with Gasteiger partial charge in [0, 0.05) is 25.3 Å². The van der Waals surface area contributed by atoms with Gasteiger partial charge in [0.1, 0.15) is 5.69 Å². The summed E-state index contributed by atoms with van der Waals surface area (Å²) in [6.07, 6.45) is 0.801. The highest BCUT2D eigenvalue weighted by molar-refractivity contribution is 5.92. The van der Waals surface area contributed by atoms with Gasteiger partial charge in [-0.25, -0.2) is 0 Å². The van der Waals surface area contributed by atoms with Crippen molar-refractivity contribution in [3.63, 3.8) is 0 Å². The summed E-state index contributed by atoms with van der Waals surface area (Å²) in [5, 5.41) is 2.84. The number of aryl methyl sites for hydroxylation is 1. The molecule has 84 valence electrons. The second-order valence-electron chi connectivity index (χ2n) is 3.94. The first kappa shape index (κ1) is 11.8. The number of rotatable bonds is 4. The smallest absolute Gasteiger partial charge is 0.267 e. The fraction of sp³-hybridized carbons (Fsp3) is 0.545. The lowest BCUT2D eigenvalue weighted by atomic mass is 10.2. The maximum absolute atomic E-state index is 11.7. The highest BCUT2D eigenvalue weighted by Crippen LogP contribution is 2.05. The van der Waals surface area contributed by atoms with E-state index in [0.29, 0.717) is 12.2 Å². The summed E-state index contributed by atoms with van der Waals surface area (Å²) in [4.78, 5) is 11.7. The molecule has 1 heterocycles. The lowest BCUT2D eigenvalue weighted by Crippen LogP contribution is -2.30. The van der Waals surface area contributed by atoms with Gasteiger partial charge in [0.15, 0.2) is 0 Å². The number of hydrogen-bond acceptors (Lipinski definition) is 2. The molecule has 1 rings (SSSR count). The Labute approximate surface area is 90.5 Å². The van der Waals surface area contributed by atoms with Crippen molar-refractivity contribution >= 4 is 5.91 Å². The molecule has 0 aliphatic rings. The molecule has 4 heteroatoms. The van der Waals surface area contributed by atoms with Crippen LogP contribution in [-0.4, -0.2) is 23.1 Å². The molecule has 1 aromatic rings. The lowest BCUT2D eigenvalue weighted by Gasteiger charge is -2.08. The van der Waals surface area contributed by atoms with Crippen LogP contribution < -0.4 is 11.1 Å². The summed E-state index contributed by atoms with van der Waals surface area (Å²) in [7, 11) is 1.88. The van der Waals surface area contributed by atoms with Crippen molar-refractivity contribution in [2.75, 3.05) is 6.54 Å². The number of nitrogens with two attached hydrogens (primary N) is 1. The molecule has 1 aromatic heterocycles. The molecule has 4 nitrogen and oxygen atoms in total. The Morgan fingerprint density at radius 3 is 2.73 bits per heavy atom. The van der Waals surface area contributed by atoms with Crippen LogP contribution in [0.5, 0.6) is 0 Å². The van der Waals surface area contributed by atoms with E-state index in [1.165, 1.54) is 0 Å². The molecular weight excluding hydrogens is 190 g/mol. The molecule has 1 atom stereocenters. The summed E-state index contributed by atoms with van der Waals surface area (Å²) < 4.78 is 1.88. The molecule has 0 saturated carbocycles. The van der Waals surface area contributed by atoms with E-state index in [1.807, 2.05) is 37.6 Å². The summed E-state index contributed by atoms with van der Waals surface area (Å²) in [5.41, 5.74) is 7.36. The average Bonchev–Trinajstić information content (AvgIpc) is 2.47. The van der Waals surface area contributed by atoms with Gasteiger partial charge < -0.3 is 15.6 Å². The standard InChI is InChI=1S/C11H19N3O/c1-8(12)6-7-13-11(15)10-5-4-9(2)14(10)3/h4-5,8H,6-7,12H2,1-3H3,(H,13,15). The zero-order valence-electron chi connectivity index (χ0n) is 9.58. The maximum Gasteiger partial charge on any atom is 0.267 e. The molecule has 0 saturated heterocycles. The first-order chi connectivity index (χ1) is 7.02. The number of nitrogens with zero attached hydrogens (tertiary/aromatic N) is 1. The van der Waals surface area contributed by atoms with Gasteiger partial charge in [-0.15, -0.1) is 0 Å². The van der Waals surface area contributed by atoms with E-state index in [2.05, 4.69) is 5.32 Å². The van der Waals surface area contributed by atoms with E-state index >= 15 is 0 Å². The second kappa shape index (κ2) is 4.98. The topological polar surface area (TPSA) is 60.1 Å². The van der Waals surface area contributed by atoms with Crippen LogP contribution >= 0.6 is 0 Å². The minimum Gasteiger partial charge on any atom is -0.351 e. The highest BCUT2D eigenvalue weighted by atomic mass is 16.1. The Morgan fingerprint density at radius 1 is 1.60 bits per heavy atom. The third-order valence-corrected chi connectivity index (χ3v) is 2.49. The fourth-order valence-electron chi connectivity index (χ4n) is 1.35. The van der Waals surface area contributed by atoms with Crippen LogP contribution in [0.1, 0.15) is 29.5 Å². The van der Waals surface area contributed by atoms with Gasteiger partial charge in [0.2, 0.25) is 0 Å². The monoisotopic (exact) mass is 209 g/mol. The first-order valence-electron chi connectivity index (χ1n) is 5.18. The molecule has 0 spiro atoms. The van der Waals surface area contributed by atoms with Gasteiger partial charge in [0.05, 0.1) is 0 Å². The lowest BCUT2D eigenvalue weighted by molar-refractivity contribution is 0.0944. The van der Waals surface area contributed by atoms with E-state index in [0.717, 1.165) is 12.1 Å². The number of amides is 1. The Balaban J connectivity index is 2.51. The maximum atomic E-state index is 11.7. The van der Waals surface area contributed by atoms with Crippen LogP contribution in [0.15, 0.2) is 12.1 Å². The first-order valence-corrected chi connectivity index (χ1v) is 5.18. The van der Waals surface area contributed by atoms with Gasteiger partial charge in [0.25, 0.3) is 5.91 Å². The van der Waals surface area contributed by atoms with Gasteiger partial charge in [-0.2, -0.15) is 0 Å². The molecule has 1 amide bonds. The Kier molecular flexibility index (Phi) is 3.91. The summed E-state index contributed by atoms with van der Waals surface area (Å²) >= 11 is 0. The number of carbonyl (C=O) groups is 1. The minimum atomic E-state index is -0.0359. The van der Waals surface area contributed by atoms with Crippen molar-refractivity contribution in [1.29, 1.82) is 0 Å². The zero-order valence-corrected chi connectivity index (χ0v) is 9.58. The van der Waals surface area contributed by atoms with Crippen molar-refractivity contribution in [2.24, 2.45) is 12.8 Å². The predicted octanol–water partition coefficient (Wildman–Crippen LogP) is 0.801. The summed E-state index contributed by atoms with van der Waals surface area (Å²) in [6, 6.07) is 3.89. The van der Waals surface area contributed by atoms with Crippen molar-refractivity contribution in [3.8, 4) is 0 Å². The van der Waals surface area contributed by atoms with Crippen LogP contribution in [0.2, 0.25) is 0 Å². The molecular formula is C11H19N3O. The van der Waals surface area contributed by atoms with E-state index < -0.39 is 0 Å². The Morgan fingerprint density at radius 2 is 2.27 bits per heavy atom. The van der Waals surface area contributed by atoms with Gasteiger partial charge >= 0.3 is 0 Å². The second-order valence-corrected chi connectivity index (χ2v) is 3.94. The number of nitrogens with one attached hydrogen (secondary N) is 1. The van der Waals surface area contributed by atoms with Crippen LogP contribution in [0.4, 0.5) is 0 Å². The largest absolute Gasteiger partial charge is 0.351 e. The van der Waals surface area contributed by atoms with E-state index in [9.17, 15) is 4.79 Å². The third kappa shape index (κ3) is 3.09. The van der Waals surface area contributed by atoms with Crippen LogP contribution in [0, 0.1) is 6.92 Å². The molecule has 3 N–H and O–H groups in total. The van der Waals surface area contributed by atoms with Crippen LogP contribution in [0.25, 0.3) is 0 Å². The number of aromatic nitrogens is 1. The van der Waals surface area contributed by atoms with E-state index in [1.54, 1.807) is 0 Å². The number of hydrogen-bond donors (Lipinski definition) is 2. The molecule has 0 fully saturated rings. The van der Waals surface area contributed by atoms with Crippen LogP contribution in [-0.2, 0) is 7.05 Å². The SMILES string of the molecule is Cc1ccc(C(=O)NCCC(C)N)n1C. The molecule has 1 unspecified atom stereocenters. The van der Waals surface area contributed by atoms with E-state index in [4.69, 9.17) is 5.73 Å². The van der Waals surface area contributed by atoms with Crippen molar-refractivity contribution in [2.45, 2.75) is 26.3 Å². The molecule has 0 aromatic carbocycles. The van der Waals surface area contributed by atoms with Gasteiger partial charge in [-0.05, 0) is 32.4 Å². The molecule has 0 radical (unpaired) electrons. The Bertz CT molecular complexity index is 342.